The number of nitrogens with one attached hydrogen (secondary N) is 2. The van der Waals surface area contributed by atoms with Crippen LogP contribution in [0.4, 0.5) is 21.9 Å². The van der Waals surface area contributed by atoms with Crippen molar-refractivity contribution >= 4 is 52.3 Å². The van der Waals surface area contributed by atoms with E-state index < -0.39 is 6.09 Å². The number of hydrogen-bond donors (Lipinski definition) is 2. The smallest absolute Gasteiger partial charge is 0.411 e. The Morgan fingerprint density at radius 2 is 1.62 bits per heavy atom. The van der Waals surface area contributed by atoms with Gasteiger partial charge in [-0.25, -0.2) is 4.79 Å². The summed E-state index contributed by atoms with van der Waals surface area (Å²) in [5.74, 6) is -0.0735. The molecule has 1 saturated heterocycles. The Morgan fingerprint density at radius 3 is 2.29 bits per heavy atom. The zero-order chi connectivity index (χ0) is 23.9. The molecule has 2 aromatic carbocycles. The first-order valence-corrected chi connectivity index (χ1v) is 11.7. The van der Waals surface area contributed by atoms with Gasteiger partial charge in [-0.3, -0.25) is 15.1 Å². The predicted molar refractivity (Wildman–Crippen MR) is 135 cm³/mol. The fourth-order valence-electron chi connectivity index (χ4n) is 3.79. The van der Waals surface area contributed by atoms with E-state index in [4.69, 9.17) is 27.9 Å². The largest absolute Gasteiger partial charge is 0.449 e. The Hall–Kier alpha value is -3.29. The second-order valence-electron chi connectivity index (χ2n) is 7.99. The van der Waals surface area contributed by atoms with Gasteiger partial charge < -0.3 is 15.0 Å². The van der Waals surface area contributed by atoms with Crippen LogP contribution in [0.1, 0.15) is 23.2 Å². The average Bonchev–Trinajstić information content (AvgIpc) is 2.86. The van der Waals surface area contributed by atoms with Crippen LogP contribution in [0.2, 0.25) is 10.0 Å². The van der Waals surface area contributed by atoms with Crippen molar-refractivity contribution in [3.05, 3.63) is 82.6 Å². The third-order valence-electron chi connectivity index (χ3n) is 5.69. The molecule has 0 atom stereocenters. The SMILES string of the molecule is O=C(Nc1ccccc1NC(=O)c1ccc(Cl)c(Cl)c1)OCC1CCN(c2ccncc2)CC1. The quantitative estimate of drug-likeness (QED) is 0.428. The molecule has 1 fully saturated rings. The van der Waals surface area contributed by atoms with Gasteiger partial charge in [0.25, 0.3) is 5.91 Å². The number of pyridine rings is 1. The second kappa shape index (κ2) is 11.2. The number of amides is 2. The maximum absolute atomic E-state index is 12.6. The number of carbonyl (C=O) groups excluding carboxylic acids is 2. The number of ether oxygens (including phenoxy) is 1. The zero-order valence-corrected chi connectivity index (χ0v) is 19.9. The Labute approximate surface area is 208 Å². The molecule has 0 aliphatic carbocycles. The van der Waals surface area contributed by atoms with Gasteiger partial charge >= 0.3 is 6.09 Å². The normalized spacial score (nSPS) is 13.9. The number of hydrogen-bond acceptors (Lipinski definition) is 5. The van der Waals surface area contributed by atoms with E-state index in [1.807, 2.05) is 12.1 Å². The number of para-hydroxylation sites is 2. The van der Waals surface area contributed by atoms with E-state index in [1.165, 1.54) is 6.07 Å². The lowest BCUT2D eigenvalue weighted by Crippen LogP contribution is -2.35. The molecule has 1 aliphatic rings. The van der Waals surface area contributed by atoms with E-state index in [0.29, 0.717) is 34.5 Å². The van der Waals surface area contributed by atoms with Crippen LogP contribution in [-0.4, -0.2) is 36.7 Å². The summed E-state index contributed by atoms with van der Waals surface area (Å²) in [6.45, 7) is 2.15. The number of aromatic nitrogens is 1. The molecule has 9 heteroatoms. The minimum atomic E-state index is -0.562. The number of carbonyl (C=O) groups is 2. The van der Waals surface area contributed by atoms with Crippen molar-refractivity contribution < 1.29 is 14.3 Å². The number of piperidine rings is 1. The van der Waals surface area contributed by atoms with Crippen molar-refractivity contribution in [1.29, 1.82) is 0 Å². The van der Waals surface area contributed by atoms with Crippen LogP contribution < -0.4 is 15.5 Å². The van der Waals surface area contributed by atoms with E-state index >= 15 is 0 Å². The van der Waals surface area contributed by atoms with Gasteiger partial charge in [0.2, 0.25) is 0 Å². The van der Waals surface area contributed by atoms with Gasteiger partial charge in [-0.05, 0) is 61.2 Å². The number of anilines is 3. The summed E-state index contributed by atoms with van der Waals surface area (Å²) in [5, 5.41) is 6.16. The summed E-state index contributed by atoms with van der Waals surface area (Å²) >= 11 is 11.9. The molecule has 0 spiro atoms. The summed E-state index contributed by atoms with van der Waals surface area (Å²) in [5.41, 5.74) is 2.39. The van der Waals surface area contributed by atoms with Crippen molar-refractivity contribution in [1.82, 2.24) is 4.98 Å². The highest BCUT2D eigenvalue weighted by molar-refractivity contribution is 6.42. The predicted octanol–water partition coefficient (Wildman–Crippen LogP) is 6.11. The maximum Gasteiger partial charge on any atom is 0.411 e. The lowest BCUT2D eigenvalue weighted by molar-refractivity contribution is 0.102. The number of rotatable bonds is 6. The first-order valence-electron chi connectivity index (χ1n) is 10.9. The van der Waals surface area contributed by atoms with Crippen LogP contribution in [0, 0.1) is 5.92 Å². The topological polar surface area (TPSA) is 83.6 Å². The molecule has 1 aliphatic heterocycles. The van der Waals surface area contributed by atoms with Gasteiger partial charge in [0.05, 0.1) is 28.0 Å². The van der Waals surface area contributed by atoms with Crippen molar-refractivity contribution in [3.63, 3.8) is 0 Å². The van der Waals surface area contributed by atoms with Crippen LogP contribution in [0.25, 0.3) is 0 Å². The summed E-state index contributed by atoms with van der Waals surface area (Å²) < 4.78 is 5.48. The van der Waals surface area contributed by atoms with Crippen LogP contribution >= 0.6 is 23.2 Å². The van der Waals surface area contributed by atoms with Crippen molar-refractivity contribution in [3.8, 4) is 0 Å². The number of halogens is 2. The molecule has 3 aromatic rings. The molecular weight excluding hydrogens is 475 g/mol. The van der Waals surface area contributed by atoms with Crippen LogP contribution in [-0.2, 0) is 4.74 Å². The van der Waals surface area contributed by atoms with E-state index in [2.05, 4.69) is 20.5 Å². The van der Waals surface area contributed by atoms with Gasteiger partial charge in [0, 0.05) is 36.7 Å². The van der Waals surface area contributed by atoms with Gasteiger partial charge in [-0.2, -0.15) is 0 Å². The zero-order valence-electron chi connectivity index (χ0n) is 18.3. The average molecular weight is 499 g/mol. The van der Waals surface area contributed by atoms with Crippen molar-refractivity contribution in [2.24, 2.45) is 5.92 Å². The molecule has 0 radical (unpaired) electrons. The Morgan fingerprint density at radius 1 is 0.941 bits per heavy atom. The molecule has 0 saturated carbocycles. The Balaban J connectivity index is 1.28. The molecule has 2 amide bonds. The highest BCUT2D eigenvalue weighted by atomic mass is 35.5. The van der Waals surface area contributed by atoms with E-state index in [1.54, 1.807) is 48.8 Å². The van der Waals surface area contributed by atoms with Crippen molar-refractivity contribution in [2.45, 2.75) is 12.8 Å². The fraction of sp³-hybridized carbons (Fsp3) is 0.240. The third-order valence-corrected chi connectivity index (χ3v) is 6.43. The molecule has 0 unspecified atom stereocenters. The van der Waals surface area contributed by atoms with Gasteiger partial charge in [0.15, 0.2) is 0 Å². The van der Waals surface area contributed by atoms with E-state index in [-0.39, 0.29) is 10.9 Å². The lowest BCUT2D eigenvalue weighted by atomic mass is 9.97. The lowest BCUT2D eigenvalue weighted by Gasteiger charge is -2.33. The summed E-state index contributed by atoms with van der Waals surface area (Å²) in [6, 6.07) is 15.5. The van der Waals surface area contributed by atoms with E-state index in [9.17, 15) is 9.59 Å². The number of nitrogens with zero attached hydrogens (tertiary/aromatic N) is 2. The van der Waals surface area contributed by atoms with Crippen LogP contribution in [0.3, 0.4) is 0 Å². The summed E-state index contributed by atoms with van der Waals surface area (Å²) in [4.78, 5) is 31.4. The first-order chi connectivity index (χ1) is 16.5. The molecule has 0 bridgehead atoms. The molecule has 176 valence electrons. The molecular formula is C25H24Cl2N4O3. The monoisotopic (exact) mass is 498 g/mol. The highest BCUT2D eigenvalue weighted by Gasteiger charge is 2.21. The van der Waals surface area contributed by atoms with Gasteiger partial charge in [0.1, 0.15) is 0 Å². The standard InChI is InChI=1S/C25H24Cl2N4O3/c26-20-6-5-18(15-21(20)27)24(32)29-22-3-1-2-4-23(22)30-25(33)34-16-17-9-13-31(14-10-17)19-7-11-28-12-8-19/h1-8,11-12,15,17H,9-10,13-14,16H2,(H,29,32)(H,30,33). The van der Waals surface area contributed by atoms with Gasteiger partial charge in [-0.1, -0.05) is 35.3 Å². The molecule has 4 rings (SSSR count). The van der Waals surface area contributed by atoms with Gasteiger partial charge in [-0.15, -0.1) is 0 Å². The van der Waals surface area contributed by atoms with Crippen LogP contribution in [0.15, 0.2) is 67.0 Å². The minimum absolute atomic E-state index is 0.288. The Bertz CT molecular complexity index is 1150. The molecule has 7 nitrogen and oxygen atoms in total. The Kier molecular flexibility index (Phi) is 7.87. The fourth-order valence-corrected chi connectivity index (χ4v) is 4.08. The third kappa shape index (κ3) is 6.18. The molecule has 34 heavy (non-hydrogen) atoms. The second-order valence-corrected chi connectivity index (χ2v) is 8.80. The summed E-state index contributed by atoms with van der Waals surface area (Å²) in [7, 11) is 0. The first kappa shape index (κ1) is 23.9. The minimum Gasteiger partial charge on any atom is -0.449 e. The number of benzene rings is 2. The van der Waals surface area contributed by atoms with Crippen molar-refractivity contribution in [2.75, 3.05) is 35.2 Å². The molecule has 2 heterocycles. The van der Waals surface area contributed by atoms with E-state index in [0.717, 1.165) is 31.6 Å². The maximum atomic E-state index is 12.6. The summed E-state index contributed by atoms with van der Waals surface area (Å²) in [6.07, 6.45) is 4.89. The highest BCUT2D eigenvalue weighted by Crippen LogP contribution is 2.26. The molecule has 2 N–H and O–H groups in total. The molecule has 1 aromatic heterocycles. The van der Waals surface area contributed by atoms with Crippen LogP contribution in [0.5, 0.6) is 0 Å².